The average Bonchev–Trinajstić information content (AvgIpc) is 3.22. The van der Waals surface area contributed by atoms with Gasteiger partial charge < -0.3 is 5.32 Å². The summed E-state index contributed by atoms with van der Waals surface area (Å²) in [5.41, 5.74) is 0. The number of hydrogen-bond acceptors (Lipinski definition) is 5. The molecule has 0 aliphatic heterocycles. The van der Waals surface area contributed by atoms with Gasteiger partial charge in [0.2, 0.25) is 15.9 Å². The summed E-state index contributed by atoms with van der Waals surface area (Å²) in [7, 11) is -1.28. The van der Waals surface area contributed by atoms with E-state index in [1.807, 2.05) is 7.05 Å². The van der Waals surface area contributed by atoms with Crippen molar-refractivity contribution in [3.05, 3.63) is 21.9 Å². The first-order chi connectivity index (χ1) is 10.4. The molecule has 22 heavy (non-hydrogen) atoms. The van der Waals surface area contributed by atoms with Crippen molar-refractivity contribution < 1.29 is 13.2 Å². The lowest BCUT2D eigenvalue weighted by atomic mass is 10.4. The summed E-state index contributed by atoms with van der Waals surface area (Å²) in [6.45, 7) is 3.98. The first-order valence-electron chi connectivity index (χ1n) is 7.36. The van der Waals surface area contributed by atoms with E-state index in [2.05, 4.69) is 34.0 Å². The van der Waals surface area contributed by atoms with Crippen LogP contribution in [0.15, 0.2) is 12.1 Å². The third-order valence-electron chi connectivity index (χ3n) is 3.43. The van der Waals surface area contributed by atoms with E-state index < -0.39 is 10.0 Å². The van der Waals surface area contributed by atoms with Crippen LogP contribution in [0.2, 0.25) is 0 Å². The number of rotatable bonds is 9. The third-order valence-corrected chi connectivity index (χ3v) is 6.32. The van der Waals surface area contributed by atoms with E-state index in [0.29, 0.717) is 19.4 Å². The van der Waals surface area contributed by atoms with Gasteiger partial charge >= 0.3 is 0 Å². The molecule has 1 amide bonds. The van der Waals surface area contributed by atoms with Crippen LogP contribution >= 0.6 is 11.3 Å². The van der Waals surface area contributed by atoms with Crippen LogP contribution in [0, 0.1) is 6.92 Å². The van der Waals surface area contributed by atoms with Crippen molar-refractivity contribution in [1.29, 1.82) is 0 Å². The van der Waals surface area contributed by atoms with Gasteiger partial charge in [0.15, 0.2) is 0 Å². The maximum Gasteiger partial charge on any atom is 0.235 e. The number of likely N-dealkylation sites (N-methyl/N-ethyl adjacent to an activating group) is 1. The Balaban J connectivity index is 1.60. The van der Waals surface area contributed by atoms with E-state index in [1.165, 1.54) is 9.75 Å². The molecular formula is C14H23N3O3S2. The van der Waals surface area contributed by atoms with Gasteiger partial charge in [-0.15, -0.1) is 11.3 Å². The highest BCUT2D eigenvalue weighted by Crippen LogP contribution is 2.27. The summed E-state index contributed by atoms with van der Waals surface area (Å²) < 4.78 is 25.5. The molecule has 8 heteroatoms. The van der Waals surface area contributed by atoms with Gasteiger partial charge in [0.05, 0.1) is 11.8 Å². The fourth-order valence-electron chi connectivity index (χ4n) is 2.03. The van der Waals surface area contributed by atoms with E-state index in [9.17, 15) is 13.2 Å². The van der Waals surface area contributed by atoms with E-state index in [4.69, 9.17) is 0 Å². The van der Waals surface area contributed by atoms with Gasteiger partial charge in [-0.2, -0.15) is 0 Å². The number of carbonyl (C=O) groups is 1. The molecular weight excluding hydrogens is 322 g/mol. The zero-order chi connectivity index (χ0) is 16.2. The van der Waals surface area contributed by atoms with Gasteiger partial charge in [-0.25, -0.2) is 13.1 Å². The molecule has 0 radical (unpaired) electrons. The van der Waals surface area contributed by atoms with Crippen LogP contribution in [0.4, 0.5) is 0 Å². The molecule has 1 saturated carbocycles. The Morgan fingerprint density at radius 2 is 2.14 bits per heavy atom. The van der Waals surface area contributed by atoms with Crippen LogP contribution in [0.3, 0.4) is 0 Å². The van der Waals surface area contributed by atoms with Crippen LogP contribution < -0.4 is 10.0 Å². The lowest BCUT2D eigenvalue weighted by Crippen LogP contribution is -2.40. The van der Waals surface area contributed by atoms with Gasteiger partial charge in [0, 0.05) is 29.4 Å². The molecule has 0 saturated heterocycles. The topological polar surface area (TPSA) is 78.5 Å². The minimum absolute atomic E-state index is 0.174. The molecule has 0 aromatic carbocycles. The van der Waals surface area contributed by atoms with Gasteiger partial charge in [-0.05, 0) is 38.9 Å². The molecule has 0 spiro atoms. The van der Waals surface area contributed by atoms with Crippen LogP contribution in [0.25, 0.3) is 0 Å². The van der Waals surface area contributed by atoms with Crippen LogP contribution in [-0.4, -0.2) is 51.2 Å². The van der Waals surface area contributed by atoms with Gasteiger partial charge in [-0.1, -0.05) is 0 Å². The number of hydrogen-bond donors (Lipinski definition) is 2. The molecule has 0 atom stereocenters. The summed E-state index contributed by atoms with van der Waals surface area (Å²) >= 11 is 1.77. The first-order valence-corrected chi connectivity index (χ1v) is 9.72. The number of nitrogens with zero attached hydrogens (tertiary/aromatic N) is 1. The number of aryl methyl sites for hydroxylation is 1. The highest BCUT2D eigenvalue weighted by molar-refractivity contribution is 7.90. The molecule has 1 aliphatic rings. The Labute approximate surface area is 135 Å². The molecule has 1 heterocycles. The van der Waals surface area contributed by atoms with Crippen molar-refractivity contribution in [1.82, 2.24) is 14.9 Å². The Kier molecular flexibility index (Phi) is 5.96. The summed E-state index contributed by atoms with van der Waals surface area (Å²) in [4.78, 5) is 16.3. The van der Waals surface area contributed by atoms with Crippen LogP contribution in [0.1, 0.15) is 22.6 Å². The smallest absolute Gasteiger partial charge is 0.235 e. The predicted molar refractivity (Wildman–Crippen MR) is 88.3 cm³/mol. The average molecular weight is 345 g/mol. The molecule has 1 aliphatic carbocycles. The molecule has 0 bridgehead atoms. The predicted octanol–water partition coefficient (Wildman–Crippen LogP) is 0.686. The third kappa shape index (κ3) is 5.68. The van der Waals surface area contributed by atoms with Gasteiger partial charge in [-0.3, -0.25) is 9.69 Å². The number of nitrogens with one attached hydrogen (secondary N) is 2. The maximum atomic E-state index is 11.6. The van der Waals surface area contributed by atoms with Crippen LogP contribution in [-0.2, 0) is 21.4 Å². The highest BCUT2D eigenvalue weighted by atomic mass is 32.2. The van der Waals surface area contributed by atoms with E-state index in [1.54, 1.807) is 11.3 Å². The van der Waals surface area contributed by atoms with E-state index >= 15 is 0 Å². The molecule has 2 N–H and O–H groups in total. The van der Waals surface area contributed by atoms with Gasteiger partial charge in [0.1, 0.15) is 0 Å². The number of carbonyl (C=O) groups excluding carboxylic acids is 1. The van der Waals surface area contributed by atoms with E-state index in [-0.39, 0.29) is 17.7 Å². The Morgan fingerprint density at radius 3 is 2.73 bits per heavy atom. The van der Waals surface area contributed by atoms with Crippen molar-refractivity contribution in [3.8, 4) is 0 Å². The largest absolute Gasteiger partial charge is 0.354 e. The molecule has 0 unspecified atom stereocenters. The lowest BCUT2D eigenvalue weighted by molar-refractivity contribution is -0.120. The van der Waals surface area contributed by atoms with E-state index in [0.717, 1.165) is 13.1 Å². The number of amides is 1. The molecule has 1 aromatic heterocycles. The van der Waals surface area contributed by atoms with Crippen molar-refractivity contribution in [2.45, 2.75) is 31.6 Å². The Hall–Kier alpha value is -0.960. The second kappa shape index (κ2) is 7.54. The monoisotopic (exact) mass is 345 g/mol. The molecule has 124 valence electrons. The second-order valence-electron chi connectivity index (χ2n) is 5.67. The minimum Gasteiger partial charge on any atom is -0.354 e. The second-order valence-corrected chi connectivity index (χ2v) is 9.08. The normalized spacial score (nSPS) is 15.2. The summed E-state index contributed by atoms with van der Waals surface area (Å²) in [6.07, 6.45) is 1.40. The molecule has 1 aromatic rings. The van der Waals surface area contributed by atoms with Gasteiger partial charge in [0.25, 0.3) is 0 Å². The zero-order valence-corrected chi connectivity index (χ0v) is 14.6. The fourth-order valence-corrected chi connectivity index (χ4v) is 4.32. The maximum absolute atomic E-state index is 11.6. The molecule has 2 rings (SSSR count). The SMILES string of the molecule is Cc1ccc(CN(C)CCNC(=O)CNS(=O)(=O)C2CC2)s1. The summed E-state index contributed by atoms with van der Waals surface area (Å²) in [5.74, 6) is -0.287. The fraction of sp³-hybridized carbons (Fsp3) is 0.643. The zero-order valence-electron chi connectivity index (χ0n) is 13.0. The van der Waals surface area contributed by atoms with Crippen molar-refractivity contribution >= 4 is 27.3 Å². The quantitative estimate of drug-likeness (QED) is 0.690. The van der Waals surface area contributed by atoms with Crippen molar-refractivity contribution in [2.24, 2.45) is 0 Å². The standard InChI is InChI=1S/C14H23N3O3S2/c1-11-3-4-12(21-11)10-17(2)8-7-15-14(18)9-16-22(19,20)13-5-6-13/h3-4,13,16H,5-10H2,1-2H3,(H,15,18). The van der Waals surface area contributed by atoms with Crippen molar-refractivity contribution in [3.63, 3.8) is 0 Å². The molecule has 1 fully saturated rings. The number of thiophene rings is 1. The Morgan fingerprint density at radius 1 is 1.41 bits per heavy atom. The Bertz CT molecular complexity index is 609. The minimum atomic E-state index is -3.28. The summed E-state index contributed by atoms with van der Waals surface area (Å²) in [5, 5.41) is 2.44. The first kappa shape index (κ1) is 17.4. The van der Waals surface area contributed by atoms with Crippen LogP contribution in [0.5, 0.6) is 0 Å². The lowest BCUT2D eigenvalue weighted by Gasteiger charge is -2.16. The summed E-state index contributed by atoms with van der Waals surface area (Å²) in [6, 6.07) is 4.21. The highest BCUT2D eigenvalue weighted by Gasteiger charge is 2.35. The number of sulfonamides is 1. The molecule has 6 nitrogen and oxygen atoms in total. The van der Waals surface area contributed by atoms with Crippen molar-refractivity contribution in [2.75, 3.05) is 26.7 Å².